The summed E-state index contributed by atoms with van der Waals surface area (Å²) in [7, 11) is 0. The third-order valence-corrected chi connectivity index (χ3v) is 11.1. The molecule has 2 aromatic heterocycles. The Labute approximate surface area is 351 Å². The van der Waals surface area contributed by atoms with Crippen molar-refractivity contribution in [2.45, 2.75) is 34.1 Å². The number of nitrogens with zero attached hydrogens (tertiary/aromatic N) is 6. The van der Waals surface area contributed by atoms with E-state index in [1.54, 1.807) is 0 Å². The number of amidine groups is 1. The molecule has 0 aliphatic carbocycles. The van der Waals surface area contributed by atoms with Crippen molar-refractivity contribution in [2.75, 3.05) is 4.90 Å². The van der Waals surface area contributed by atoms with Gasteiger partial charge in [0.2, 0.25) is 5.78 Å². The van der Waals surface area contributed by atoms with Crippen LogP contribution < -0.4 is 4.90 Å². The third kappa shape index (κ3) is 7.36. The van der Waals surface area contributed by atoms with Gasteiger partial charge in [0.1, 0.15) is 5.84 Å². The molecule has 7 aromatic carbocycles. The highest BCUT2D eigenvalue weighted by Crippen LogP contribution is 2.34. The van der Waals surface area contributed by atoms with E-state index in [9.17, 15) is 0 Å². The minimum atomic E-state index is 0.573. The van der Waals surface area contributed by atoms with Gasteiger partial charge in [0.15, 0.2) is 0 Å². The number of imidazole rings is 2. The van der Waals surface area contributed by atoms with Crippen LogP contribution in [0.2, 0.25) is 0 Å². The smallest absolute Gasteiger partial charge is 0.220 e. The lowest BCUT2D eigenvalue weighted by Gasteiger charge is -2.28. The number of anilines is 1. The van der Waals surface area contributed by atoms with Gasteiger partial charge in [0.25, 0.3) is 0 Å². The molecular weight excluding hydrogens is 733 g/mol. The van der Waals surface area contributed by atoms with Crippen LogP contribution in [0.25, 0.3) is 50.4 Å². The van der Waals surface area contributed by atoms with E-state index in [2.05, 4.69) is 200 Å². The lowest BCUT2D eigenvalue weighted by atomic mass is 10.0. The van der Waals surface area contributed by atoms with Gasteiger partial charge in [0.05, 0.1) is 33.5 Å². The molecular formula is C54H46N6. The minimum absolute atomic E-state index is 0.573. The molecule has 0 aliphatic heterocycles. The molecule has 0 N–H and O–H groups in total. The first-order chi connectivity index (χ1) is 29.3. The first kappa shape index (κ1) is 38.0. The number of hydrogen-bond donors (Lipinski definition) is 0. The van der Waals surface area contributed by atoms with Crippen LogP contribution in [0.3, 0.4) is 0 Å². The first-order valence-electron chi connectivity index (χ1n) is 20.4. The van der Waals surface area contributed by atoms with Crippen LogP contribution in [0, 0.1) is 13.8 Å². The molecule has 292 valence electrons. The topological polar surface area (TPSA) is 50.2 Å². The van der Waals surface area contributed by atoms with E-state index in [-0.39, 0.29) is 0 Å². The highest BCUT2D eigenvalue weighted by molar-refractivity contribution is 6.03. The van der Waals surface area contributed by atoms with E-state index in [0.29, 0.717) is 6.42 Å². The van der Waals surface area contributed by atoms with Crippen LogP contribution in [-0.4, -0.2) is 25.5 Å². The molecule has 0 amide bonds. The van der Waals surface area contributed by atoms with Crippen LogP contribution >= 0.6 is 0 Å². The van der Waals surface area contributed by atoms with Crippen molar-refractivity contribution >= 4 is 56.5 Å². The fourth-order valence-corrected chi connectivity index (χ4v) is 8.05. The standard InChI is InChI=1S/C54H46N6/c1-37-19-15-16-26-50(37)58(39(3)29-32-48(43-22-11-7-12-23-43)55-40(4)42-20-9-6-10-21-42)41(5)56-47-33-30-44(35-38(47)2)45-31-34-49-53(36-45)60-52-28-18-17-27-51(52)59(54(60)57-49)46-24-13-8-14-25-46/h6-28,30-36H,3,29H2,1-2,4-5H3/b48-32-,55-40?,56-41?. The second-order valence-electron chi connectivity index (χ2n) is 15.2. The molecule has 0 saturated heterocycles. The van der Waals surface area contributed by atoms with Gasteiger partial charge in [-0.1, -0.05) is 134 Å². The second kappa shape index (κ2) is 16.4. The molecule has 0 unspecified atom stereocenters. The number of para-hydroxylation sites is 4. The summed E-state index contributed by atoms with van der Waals surface area (Å²) in [5.41, 5.74) is 16.7. The molecule has 9 aromatic rings. The number of allylic oxidation sites excluding steroid dienone is 1. The summed E-state index contributed by atoms with van der Waals surface area (Å²) in [6.45, 7) is 13.0. The Bertz CT molecular complexity index is 3110. The van der Waals surface area contributed by atoms with Gasteiger partial charge in [-0.05, 0) is 116 Å². The Morgan fingerprint density at radius 3 is 1.97 bits per heavy atom. The maximum atomic E-state index is 5.27. The molecule has 0 atom stereocenters. The van der Waals surface area contributed by atoms with Gasteiger partial charge in [0, 0.05) is 29.2 Å². The maximum absolute atomic E-state index is 5.27. The average molecular weight is 779 g/mol. The monoisotopic (exact) mass is 778 g/mol. The molecule has 0 spiro atoms. The average Bonchev–Trinajstić information content (AvgIpc) is 3.81. The Hall–Kier alpha value is -7.57. The summed E-state index contributed by atoms with van der Waals surface area (Å²) in [5, 5.41) is 0. The molecule has 0 saturated carbocycles. The zero-order chi connectivity index (χ0) is 41.2. The fourth-order valence-electron chi connectivity index (χ4n) is 8.05. The van der Waals surface area contributed by atoms with Crippen LogP contribution in [-0.2, 0) is 0 Å². The summed E-state index contributed by atoms with van der Waals surface area (Å²) in [6, 6.07) is 61.1. The van der Waals surface area contributed by atoms with Gasteiger partial charge in [-0.3, -0.25) is 14.0 Å². The summed E-state index contributed by atoms with van der Waals surface area (Å²) in [5.74, 6) is 1.73. The van der Waals surface area contributed by atoms with Gasteiger partial charge < -0.3 is 4.90 Å². The second-order valence-corrected chi connectivity index (χ2v) is 15.2. The highest BCUT2D eigenvalue weighted by atomic mass is 15.2. The fraction of sp³-hybridized carbons (Fsp3) is 0.0926. The first-order valence-corrected chi connectivity index (χ1v) is 20.4. The van der Waals surface area contributed by atoms with Crippen molar-refractivity contribution < 1.29 is 0 Å². The molecule has 0 aliphatic rings. The molecule has 2 heterocycles. The maximum Gasteiger partial charge on any atom is 0.220 e. The van der Waals surface area contributed by atoms with Gasteiger partial charge in [-0.25, -0.2) is 9.98 Å². The van der Waals surface area contributed by atoms with Gasteiger partial charge in [-0.2, -0.15) is 0 Å². The van der Waals surface area contributed by atoms with E-state index in [1.165, 1.54) is 0 Å². The van der Waals surface area contributed by atoms with Crippen LogP contribution in [0.15, 0.2) is 204 Å². The van der Waals surface area contributed by atoms with E-state index in [4.69, 9.17) is 15.0 Å². The van der Waals surface area contributed by atoms with Crippen molar-refractivity contribution in [1.29, 1.82) is 0 Å². The Balaban J connectivity index is 1.05. The highest BCUT2D eigenvalue weighted by Gasteiger charge is 2.19. The number of fused-ring (bicyclic) bond motifs is 5. The normalized spacial score (nSPS) is 12.4. The van der Waals surface area contributed by atoms with Crippen LogP contribution in [0.5, 0.6) is 0 Å². The summed E-state index contributed by atoms with van der Waals surface area (Å²) >= 11 is 0. The molecule has 6 heteroatoms. The summed E-state index contributed by atoms with van der Waals surface area (Å²) in [6.07, 6.45) is 2.75. The minimum Gasteiger partial charge on any atom is -0.303 e. The lowest BCUT2D eigenvalue weighted by Crippen LogP contribution is -2.28. The zero-order valence-corrected chi connectivity index (χ0v) is 34.4. The van der Waals surface area contributed by atoms with Crippen LogP contribution in [0.4, 0.5) is 11.4 Å². The Kier molecular flexibility index (Phi) is 10.4. The van der Waals surface area contributed by atoms with Crippen molar-refractivity contribution in [3.63, 3.8) is 0 Å². The van der Waals surface area contributed by atoms with Crippen molar-refractivity contribution in [3.05, 3.63) is 217 Å². The zero-order valence-electron chi connectivity index (χ0n) is 34.4. The SMILES string of the molecule is C=C(C/C=C(\N=C(C)c1ccccc1)c1ccccc1)N(C(C)=Nc1ccc(-c2ccc3nc4n(-c5ccccc5)c5ccccc5n4c3c2)cc1C)c1ccccc1C. The third-order valence-electron chi connectivity index (χ3n) is 11.1. The number of aliphatic imine (C=N–C) groups is 2. The Morgan fingerprint density at radius 2 is 1.25 bits per heavy atom. The van der Waals surface area contributed by atoms with E-state index < -0.39 is 0 Å². The Morgan fingerprint density at radius 1 is 0.633 bits per heavy atom. The lowest BCUT2D eigenvalue weighted by molar-refractivity contribution is 1.09. The van der Waals surface area contributed by atoms with Crippen molar-refractivity contribution in [3.8, 4) is 16.8 Å². The number of rotatable bonds is 10. The van der Waals surface area contributed by atoms with E-state index in [1.807, 2.05) is 30.3 Å². The van der Waals surface area contributed by atoms with E-state index in [0.717, 1.165) is 101 Å². The molecule has 60 heavy (non-hydrogen) atoms. The molecule has 9 rings (SSSR count). The molecule has 6 nitrogen and oxygen atoms in total. The predicted molar refractivity (Wildman–Crippen MR) is 253 cm³/mol. The van der Waals surface area contributed by atoms with Crippen LogP contribution in [0.1, 0.15) is 42.5 Å². The van der Waals surface area contributed by atoms with Crippen molar-refractivity contribution in [2.24, 2.45) is 9.98 Å². The molecule has 0 fully saturated rings. The number of aromatic nitrogens is 3. The van der Waals surface area contributed by atoms with Crippen molar-refractivity contribution in [1.82, 2.24) is 14.0 Å². The molecule has 0 radical (unpaired) electrons. The number of benzene rings is 7. The quantitative estimate of drug-likeness (QED) is 0.103. The molecule has 0 bridgehead atoms. The number of hydrogen-bond acceptors (Lipinski definition) is 3. The van der Waals surface area contributed by atoms with Gasteiger partial charge in [-0.15, -0.1) is 0 Å². The van der Waals surface area contributed by atoms with Gasteiger partial charge >= 0.3 is 0 Å². The summed E-state index contributed by atoms with van der Waals surface area (Å²) < 4.78 is 4.51. The predicted octanol–water partition coefficient (Wildman–Crippen LogP) is 13.7. The summed E-state index contributed by atoms with van der Waals surface area (Å²) in [4.78, 5) is 17.7. The largest absolute Gasteiger partial charge is 0.303 e. The van der Waals surface area contributed by atoms with E-state index >= 15 is 0 Å². The number of aryl methyl sites for hydroxylation is 2.